The second-order valence-corrected chi connectivity index (χ2v) is 2.42. The van der Waals surface area contributed by atoms with E-state index in [1.165, 1.54) is 0 Å². The van der Waals surface area contributed by atoms with Gasteiger partial charge in [-0.3, -0.25) is 0 Å². The van der Waals surface area contributed by atoms with E-state index in [2.05, 4.69) is 6.92 Å². The summed E-state index contributed by atoms with van der Waals surface area (Å²) in [5, 5.41) is 5.40. The van der Waals surface area contributed by atoms with E-state index < -0.39 is 0 Å². The number of rotatable bonds is 0. The first-order valence-corrected chi connectivity index (χ1v) is 3.50. The van der Waals surface area contributed by atoms with E-state index in [9.17, 15) is 0 Å². The van der Waals surface area contributed by atoms with Gasteiger partial charge in [0.1, 0.15) is 0 Å². The van der Waals surface area contributed by atoms with Crippen molar-refractivity contribution >= 4 is 6.08 Å². The average Bonchev–Trinajstić information content (AvgIpc) is 1.99. The van der Waals surface area contributed by atoms with Crippen molar-refractivity contribution in [2.45, 2.75) is 39.0 Å². The highest BCUT2D eigenvalue weighted by Gasteiger charge is 2.05. The van der Waals surface area contributed by atoms with Gasteiger partial charge < -0.3 is 0 Å². The molecule has 0 aromatic rings. The van der Waals surface area contributed by atoms with Gasteiger partial charge >= 0.3 is 0 Å². The van der Waals surface area contributed by atoms with Crippen LogP contribution in [0, 0.1) is 11.3 Å². The minimum absolute atomic E-state index is 0.117. The molecule has 2 nitrogen and oxygen atoms in total. The molecule has 0 saturated heterocycles. The van der Waals surface area contributed by atoms with Crippen LogP contribution in [0.25, 0.3) is 0 Å². The van der Waals surface area contributed by atoms with Gasteiger partial charge in [0, 0.05) is 2.74 Å². The lowest BCUT2D eigenvalue weighted by Crippen LogP contribution is -1.99. The molecule has 2 heteroatoms. The summed E-state index contributed by atoms with van der Waals surface area (Å²) < 4.78 is 14.9. The Kier molecular flexibility index (Phi) is 3.97. The molecule has 3 unspecified atom stereocenters. The Morgan fingerprint density at radius 3 is 2.70 bits per heavy atom. The maximum atomic E-state index is 8.35. The molecule has 1 N–H and O–H groups in total. The standard InChI is InChI=1S/C7H14.CHNO/c1-7-5-3-2-4-6-7;2-1-3/h7H,2-6H2,1H3;2H/i3D,6D;. The molecule has 0 aliphatic heterocycles. The normalized spacial score (nSPS) is 41.5. The van der Waals surface area contributed by atoms with E-state index in [0.717, 1.165) is 25.3 Å². The Bertz CT molecular complexity index is 157. The van der Waals surface area contributed by atoms with Gasteiger partial charge in [-0.25, -0.2) is 10.2 Å². The number of carbonyl (C=O) groups excluding carboxylic acids is 1. The first-order chi connectivity index (χ1) is 5.61. The monoisotopic (exact) mass is 143 g/mol. The third-order valence-electron chi connectivity index (χ3n) is 1.48. The third kappa shape index (κ3) is 5.52. The van der Waals surface area contributed by atoms with Crippen molar-refractivity contribution in [1.82, 2.24) is 0 Å². The first-order valence-electron chi connectivity index (χ1n) is 4.65. The van der Waals surface area contributed by atoms with Gasteiger partial charge in [0.25, 0.3) is 0 Å². The summed E-state index contributed by atoms with van der Waals surface area (Å²) in [5.74, 6) is 0.459. The van der Waals surface area contributed by atoms with E-state index in [1.54, 1.807) is 0 Å². The summed E-state index contributed by atoms with van der Waals surface area (Å²) in [7, 11) is 0. The van der Waals surface area contributed by atoms with Crippen LogP contribution in [0.2, 0.25) is 0 Å². The fourth-order valence-corrected chi connectivity index (χ4v) is 0.976. The molecule has 0 radical (unpaired) electrons. The van der Waals surface area contributed by atoms with Crippen molar-refractivity contribution in [3.63, 3.8) is 0 Å². The molecular weight excluding hydrogens is 126 g/mol. The molecule has 1 fully saturated rings. The smallest absolute Gasteiger partial charge is 0.222 e. The predicted molar refractivity (Wildman–Crippen MR) is 40.7 cm³/mol. The average molecular weight is 143 g/mol. The molecule has 3 atom stereocenters. The molecule has 1 aliphatic rings. The maximum absolute atomic E-state index is 8.35. The van der Waals surface area contributed by atoms with E-state index in [0.29, 0.717) is 5.92 Å². The highest BCUT2D eigenvalue weighted by atomic mass is 16.1. The number of isocyanates is 1. The fourth-order valence-electron chi connectivity index (χ4n) is 0.976. The highest BCUT2D eigenvalue weighted by Crippen LogP contribution is 2.21. The Morgan fingerprint density at radius 2 is 2.30 bits per heavy atom. The van der Waals surface area contributed by atoms with Crippen molar-refractivity contribution in [2.24, 2.45) is 5.92 Å². The molecule has 0 aromatic carbocycles. The summed E-state index contributed by atoms with van der Waals surface area (Å²) in [5.41, 5.74) is 0. The molecule has 58 valence electrons. The molecule has 1 saturated carbocycles. The van der Waals surface area contributed by atoms with Gasteiger partial charge in [0.15, 0.2) is 0 Å². The van der Waals surface area contributed by atoms with Crippen LogP contribution in [-0.2, 0) is 4.79 Å². The van der Waals surface area contributed by atoms with Crippen molar-refractivity contribution in [3.8, 4) is 0 Å². The van der Waals surface area contributed by atoms with E-state index in [1.807, 2.05) is 0 Å². The molecule has 1 aliphatic carbocycles. The van der Waals surface area contributed by atoms with Gasteiger partial charge in [-0.05, 0) is 5.92 Å². The largest absolute Gasteiger partial charge is 0.231 e. The molecule has 1 rings (SSSR count). The molecule has 0 aromatic heterocycles. The second kappa shape index (κ2) is 6.50. The lowest BCUT2D eigenvalue weighted by atomic mass is 9.91. The minimum Gasteiger partial charge on any atom is -0.222 e. The Hall–Kier alpha value is -0.620. The number of hydrogen-bond donors (Lipinski definition) is 1. The molecule has 0 spiro atoms. The van der Waals surface area contributed by atoms with Crippen molar-refractivity contribution in [2.75, 3.05) is 0 Å². The van der Waals surface area contributed by atoms with Gasteiger partial charge in [-0.2, -0.15) is 0 Å². The number of nitrogens with one attached hydrogen (secondary N) is 1. The van der Waals surface area contributed by atoms with E-state index in [-0.39, 0.29) is 12.8 Å². The van der Waals surface area contributed by atoms with Crippen LogP contribution < -0.4 is 0 Å². The van der Waals surface area contributed by atoms with Crippen molar-refractivity contribution in [3.05, 3.63) is 0 Å². The number of hydrogen-bond acceptors (Lipinski definition) is 2. The van der Waals surface area contributed by atoms with Gasteiger partial charge in [0.2, 0.25) is 6.08 Å². The van der Waals surface area contributed by atoms with E-state index in [4.69, 9.17) is 12.9 Å². The van der Waals surface area contributed by atoms with Crippen molar-refractivity contribution < 1.29 is 7.54 Å². The Labute approximate surface area is 65.0 Å². The zero-order chi connectivity index (χ0) is 9.56. The fraction of sp³-hybridized carbons (Fsp3) is 0.875. The van der Waals surface area contributed by atoms with Crippen LogP contribution in [0.4, 0.5) is 0 Å². The molecular formula is C8H15NO. The van der Waals surface area contributed by atoms with Gasteiger partial charge in [0.05, 0.1) is 0 Å². The van der Waals surface area contributed by atoms with Crippen LogP contribution in [0.3, 0.4) is 0 Å². The van der Waals surface area contributed by atoms with E-state index >= 15 is 0 Å². The predicted octanol–water partition coefficient (Wildman–Crippen LogP) is 2.49. The Morgan fingerprint density at radius 1 is 1.70 bits per heavy atom. The van der Waals surface area contributed by atoms with Crippen LogP contribution >= 0.6 is 0 Å². The highest BCUT2D eigenvalue weighted by molar-refractivity contribution is 5.26. The summed E-state index contributed by atoms with van der Waals surface area (Å²) in [4.78, 5) is 8.35. The topological polar surface area (TPSA) is 40.9 Å². The second-order valence-electron chi connectivity index (χ2n) is 2.42. The lowest BCUT2D eigenvalue weighted by molar-refractivity contribution is 0.385. The Balaban J connectivity index is 0.000000354. The summed E-state index contributed by atoms with van der Waals surface area (Å²) in [6.07, 6.45) is 3.82. The zero-order valence-corrected chi connectivity index (χ0v) is 6.26. The zero-order valence-electron chi connectivity index (χ0n) is 8.26. The maximum Gasteiger partial charge on any atom is 0.231 e. The van der Waals surface area contributed by atoms with Gasteiger partial charge in [-0.1, -0.05) is 39.0 Å². The van der Waals surface area contributed by atoms with Crippen LogP contribution in [0.5, 0.6) is 0 Å². The van der Waals surface area contributed by atoms with Crippen molar-refractivity contribution in [1.29, 1.82) is 5.41 Å². The summed E-state index contributed by atoms with van der Waals surface area (Å²) in [6, 6.07) is 0. The quantitative estimate of drug-likeness (QED) is 0.410. The van der Waals surface area contributed by atoms with Crippen LogP contribution in [0.1, 0.15) is 41.7 Å². The third-order valence-corrected chi connectivity index (χ3v) is 1.48. The van der Waals surface area contributed by atoms with Gasteiger partial charge in [-0.15, -0.1) is 0 Å². The first kappa shape index (κ1) is 6.11. The summed E-state index contributed by atoms with van der Waals surface area (Å²) in [6.45, 7) is 2.08. The molecule has 10 heavy (non-hydrogen) atoms. The lowest BCUT2D eigenvalue weighted by Gasteiger charge is -2.15. The molecule has 0 bridgehead atoms. The molecule has 0 amide bonds. The molecule has 0 heterocycles. The summed E-state index contributed by atoms with van der Waals surface area (Å²) >= 11 is 0. The van der Waals surface area contributed by atoms with Crippen LogP contribution in [-0.4, -0.2) is 6.08 Å². The minimum atomic E-state index is 0.117. The SMILES string of the molecule is N=C=O.[2H]C1CCC([2H])C(C)C1. The van der Waals surface area contributed by atoms with Crippen LogP contribution in [0.15, 0.2) is 0 Å².